The highest BCUT2D eigenvalue weighted by molar-refractivity contribution is 5.77. The van der Waals surface area contributed by atoms with Crippen LogP contribution in [-0.4, -0.2) is 21.6 Å². The Hall–Kier alpha value is -3.21. The zero-order chi connectivity index (χ0) is 23.9. The lowest BCUT2D eigenvalue weighted by Gasteiger charge is -2.39. The van der Waals surface area contributed by atoms with Crippen molar-refractivity contribution in [1.29, 1.82) is 0 Å². The van der Waals surface area contributed by atoms with Gasteiger partial charge in [-0.3, -0.25) is 4.79 Å². The molecule has 0 bridgehead atoms. The quantitative estimate of drug-likeness (QED) is 0.515. The molecular formula is C28H34N4O. The summed E-state index contributed by atoms with van der Waals surface area (Å²) in [5.74, 6) is 0.611. The van der Waals surface area contributed by atoms with Crippen LogP contribution in [0.3, 0.4) is 0 Å². The first-order chi connectivity index (χ1) is 15.7. The molecule has 1 atom stereocenters. The third kappa shape index (κ3) is 4.12. The first-order valence-corrected chi connectivity index (χ1v) is 11.8. The fourth-order valence-electron chi connectivity index (χ4n) is 4.76. The van der Waals surface area contributed by atoms with Gasteiger partial charge in [-0.1, -0.05) is 47.3 Å². The highest BCUT2D eigenvalue weighted by Gasteiger charge is 2.33. The topological polar surface area (TPSA) is 59.8 Å². The number of rotatable bonds is 5. The van der Waals surface area contributed by atoms with Crippen molar-refractivity contribution < 1.29 is 0 Å². The Morgan fingerprint density at radius 3 is 2.42 bits per heavy atom. The summed E-state index contributed by atoms with van der Waals surface area (Å²) in [6, 6.07) is 6.59. The Kier molecular flexibility index (Phi) is 6.00. The number of nitrogens with one attached hydrogen (secondary N) is 1. The van der Waals surface area contributed by atoms with Gasteiger partial charge >= 0.3 is 0 Å². The molecule has 3 heterocycles. The maximum atomic E-state index is 13.1. The predicted molar refractivity (Wildman–Crippen MR) is 138 cm³/mol. The molecule has 33 heavy (non-hydrogen) atoms. The molecular weight excluding hydrogens is 408 g/mol. The summed E-state index contributed by atoms with van der Waals surface area (Å²) in [7, 11) is 1.82. The molecule has 5 heteroatoms. The van der Waals surface area contributed by atoms with E-state index in [1.807, 2.05) is 38.6 Å². The number of aryl methyl sites for hydroxylation is 1. The van der Waals surface area contributed by atoms with E-state index in [0.29, 0.717) is 5.95 Å². The molecule has 0 saturated carbocycles. The van der Waals surface area contributed by atoms with Gasteiger partial charge < -0.3 is 9.88 Å². The van der Waals surface area contributed by atoms with Gasteiger partial charge in [0.15, 0.2) is 5.43 Å². The summed E-state index contributed by atoms with van der Waals surface area (Å²) < 4.78 is 2.32. The Balaban J connectivity index is 1.95. The normalized spacial score (nSPS) is 15.0. The van der Waals surface area contributed by atoms with Gasteiger partial charge in [-0.15, -0.1) is 0 Å². The Bertz CT molecular complexity index is 1260. The third-order valence-corrected chi connectivity index (χ3v) is 6.81. The number of fused-ring (bicyclic) bond motifs is 3. The molecule has 0 amide bonds. The lowest BCUT2D eigenvalue weighted by atomic mass is 9.77. The molecule has 1 aliphatic heterocycles. The molecule has 3 aromatic rings. The van der Waals surface area contributed by atoms with Crippen molar-refractivity contribution in [2.24, 2.45) is 5.41 Å². The molecule has 0 radical (unpaired) electrons. The van der Waals surface area contributed by atoms with E-state index in [4.69, 9.17) is 0 Å². The zero-order valence-electron chi connectivity index (χ0n) is 20.6. The highest BCUT2D eigenvalue weighted by Crippen LogP contribution is 2.44. The number of hydrogen-bond acceptors (Lipinski definition) is 4. The van der Waals surface area contributed by atoms with E-state index >= 15 is 0 Å². The van der Waals surface area contributed by atoms with E-state index < -0.39 is 0 Å². The van der Waals surface area contributed by atoms with E-state index in [2.05, 4.69) is 66.3 Å². The van der Waals surface area contributed by atoms with Crippen molar-refractivity contribution in [3.05, 3.63) is 70.3 Å². The number of benzene rings is 1. The van der Waals surface area contributed by atoms with E-state index in [9.17, 15) is 4.79 Å². The van der Waals surface area contributed by atoms with Crippen LogP contribution in [0.4, 0.5) is 5.95 Å². The van der Waals surface area contributed by atoms with Crippen LogP contribution in [0.2, 0.25) is 0 Å². The zero-order valence-corrected chi connectivity index (χ0v) is 20.6. The number of nitrogens with zero attached hydrogens (tertiary/aromatic N) is 3. The summed E-state index contributed by atoms with van der Waals surface area (Å²) >= 11 is 0. The molecule has 1 aliphatic rings. The summed E-state index contributed by atoms with van der Waals surface area (Å²) in [6.07, 6.45) is 8.36. The van der Waals surface area contributed by atoms with Gasteiger partial charge in [-0.05, 0) is 53.0 Å². The van der Waals surface area contributed by atoms with E-state index in [-0.39, 0.29) is 16.9 Å². The van der Waals surface area contributed by atoms with Crippen LogP contribution in [0, 0.1) is 5.41 Å². The number of aromatic nitrogens is 3. The van der Waals surface area contributed by atoms with Gasteiger partial charge in [0.05, 0.1) is 5.69 Å². The van der Waals surface area contributed by atoms with Crippen molar-refractivity contribution in [3.63, 3.8) is 0 Å². The van der Waals surface area contributed by atoms with Gasteiger partial charge in [0.1, 0.15) is 0 Å². The van der Waals surface area contributed by atoms with E-state index in [1.165, 1.54) is 16.7 Å². The van der Waals surface area contributed by atoms with Crippen LogP contribution in [0.25, 0.3) is 28.0 Å². The predicted octanol–water partition coefficient (Wildman–Crippen LogP) is 6.14. The van der Waals surface area contributed by atoms with Crippen LogP contribution in [-0.2, 0) is 12.8 Å². The second-order valence-corrected chi connectivity index (χ2v) is 9.95. The first-order valence-electron chi connectivity index (χ1n) is 11.8. The van der Waals surface area contributed by atoms with Crippen LogP contribution in [0.1, 0.15) is 63.8 Å². The molecule has 1 aromatic carbocycles. The molecule has 1 unspecified atom stereocenters. The Morgan fingerprint density at radius 2 is 1.85 bits per heavy atom. The fourth-order valence-corrected chi connectivity index (χ4v) is 4.76. The number of anilines is 1. The van der Waals surface area contributed by atoms with Gasteiger partial charge in [0, 0.05) is 54.4 Å². The van der Waals surface area contributed by atoms with Crippen molar-refractivity contribution >= 4 is 11.5 Å². The molecule has 0 spiro atoms. The molecule has 5 nitrogen and oxygen atoms in total. The van der Waals surface area contributed by atoms with E-state index in [0.717, 1.165) is 47.2 Å². The Morgan fingerprint density at radius 1 is 1.15 bits per heavy atom. The number of pyridine rings is 1. The van der Waals surface area contributed by atoms with Gasteiger partial charge in [0.2, 0.25) is 5.95 Å². The van der Waals surface area contributed by atoms with Crippen LogP contribution in [0.15, 0.2) is 48.2 Å². The number of allylic oxidation sites excluding steroid dienone is 1. The molecule has 2 aromatic heterocycles. The SMILES string of the molecule is C=C(CC)c1cn2c(cc1=O)-c1cc(CC)c(-c3cnc(NC)nc3)cc1CC2C(C)(C)C. The molecule has 1 N–H and O–H groups in total. The summed E-state index contributed by atoms with van der Waals surface area (Å²) in [5.41, 5.74) is 8.51. The highest BCUT2D eigenvalue weighted by atomic mass is 16.1. The van der Waals surface area contributed by atoms with Crippen LogP contribution < -0.4 is 10.7 Å². The molecule has 0 saturated heterocycles. The summed E-state index contributed by atoms with van der Waals surface area (Å²) in [5, 5.41) is 2.98. The second kappa shape index (κ2) is 8.62. The van der Waals surface area contributed by atoms with Crippen molar-refractivity contribution in [3.8, 4) is 22.4 Å². The largest absolute Gasteiger partial charge is 0.357 e. The average Bonchev–Trinajstić information content (AvgIpc) is 2.81. The minimum atomic E-state index is 0.0213. The maximum absolute atomic E-state index is 13.1. The van der Waals surface area contributed by atoms with Gasteiger partial charge in [-0.2, -0.15) is 0 Å². The minimum Gasteiger partial charge on any atom is -0.357 e. The van der Waals surface area contributed by atoms with Crippen molar-refractivity contribution in [2.75, 3.05) is 12.4 Å². The molecule has 0 aliphatic carbocycles. The lowest BCUT2D eigenvalue weighted by molar-refractivity contribution is 0.237. The Labute approximate surface area is 196 Å². The third-order valence-electron chi connectivity index (χ3n) is 6.81. The fraction of sp³-hybridized carbons (Fsp3) is 0.393. The van der Waals surface area contributed by atoms with Crippen molar-refractivity contribution in [2.45, 2.75) is 59.9 Å². The standard InChI is InChI=1S/C28H34N4O/c1-8-17(3)23-16-32-24(13-25(23)33)22-10-18(9-2)21(20-14-30-27(29-7)31-15-20)11-19(22)12-26(32)28(4,5)6/h10-11,13-16,26H,3,8-9,12H2,1-2,4-7H3,(H,29,30,31). The van der Waals surface area contributed by atoms with Crippen LogP contribution in [0.5, 0.6) is 0 Å². The van der Waals surface area contributed by atoms with E-state index in [1.54, 1.807) is 0 Å². The average molecular weight is 443 g/mol. The maximum Gasteiger partial charge on any atom is 0.222 e. The van der Waals surface area contributed by atoms with Crippen molar-refractivity contribution in [1.82, 2.24) is 14.5 Å². The van der Waals surface area contributed by atoms with Gasteiger partial charge in [-0.25, -0.2) is 9.97 Å². The molecule has 0 fully saturated rings. The molecule has 172 valence electrons. The minimum absolute atomic E-state index is 0.0213. The second-order valence-electron chi connectivity index (χ2n) is 9.95. The lowest BCUT2D eigenvalue weighted by Crippen LogP contribution is -2.32. The monoisotopic (exact) mass is 442 g/mol. The van der Waals surface area contributed by atoms with Crippen LogP contribution >= 0.6 is 0 Å². The molecule has 4 rings (SSSR count). The first kappa shape index (κ1) is 23.0. The summed E-state index contributed by atoms with van der Waals surface area (Å²) in [6.45, 7) is 15.2. The summed E-state index contributed by atoms with van der Waals surface area (Å²) in [4.78, 5) is 21.9. The van der Waals surface area contributed by atoms with Gasteiger partial charge in [0.25, 0.3) is 0 Å². The smallest absolute Gasteiger partial charge is 0.222 e. The number of hydrogen-bond donors (Lipinski definition) is 1.